The van der Waals surface area contributed by atoms with Crippen LogP contribution in [-0.4, -0.2) is 13.1 Å². The van der Waals surface area contributed by atoms with E-state index in [4.69, 9.17) is 28.9 Å². The molecule has 2 N–H and O–H groups in total. The molecule has 0 aliphatic rings. The van der Waals surface area contributed by atoms with E-state index in [9.17, 15) is 0 Å². The van der Waals surface area contributed by atoms with Gasteiger partial charge in [0, 0.05) is 28.7 Å². The zero-order valence-corrected chi connectivity index (χ0v) is 13.9. The largest absolute Gasteiger partial charge is 0.369 e. The van der Waals surface area contributed by atoms with Crippen LogP contribution in [0.1, 0.15) is 17.4 Å². The molecular weight excluding hydrogens is 311 g/mol. The van der Waals surface area contributed by atoms with Gasteiger partial charge in [-0.25, -0.2) is 0 Å². The Kier molecular flexibility index (Phi) is 5.33. The van der Waals surface area contributed by atoms with Gasteiger partial charge in [-0.2, -0.15) is 0 Å². The lowest BCUT2D eigenvalue weighted by molar-refractivity contribution is 0.738. The van der Waals surface area contributed by atoms with Crippen LogP contribution in [0.5, 0.6) is 0 Å². The van der Waals surface area contributed by atoms with Crippen molar-refractivity contribution in [3.8, 4) is 0 Å². The van der Waals surface area contributed by atoms with Crippen molar-refractivity contribution in [1.29, 1.82) is 0 Å². The van der Waals surface area contributed by atoms with Gasteiger partial charge in [-0.15, -0.1) is 11.3 Å². The first-order valence-corrected chi connectivity index (χ1v) is 8.02. The summed E-state index contributed by atoms with van der Waals surface area (Å²) in [5, 5.41) is 0.774. The lowest BCUT2D eigenvalue weighted by atomic mass is 10.1. The molecule has 0 bridgehead atoms. The quantitative estimate of drug-likeness (QED) is 0.870. The van der Waals surface area contributed by atoms with Gasteiger partial charge in [0.1, 0.15) is 0 Å². The Hall–Kier alpha value is -0.740. The Labute approximate surface area is 134 Å². The fourth-order valence-corrected chi connectivity index (χ4v) is 3.44. The number of hydrogen-bond donors (Lipinski definition) is 1. The highest BCUT2D eigenvalue weighted by Gasteiger charge is 2.08. The zero-order chi connectivity index (χ0) is 14.7. The molecule has 2 nitrogen and oxygen atoms in total. The summed E-state index contributed by atoms with van der Waals surface area (Å²) in [4.78, 5) is 3.39. The summed E-state index contributed by atoms with van der Waals surface area (Å²) in [7, 11) is 2.05. The van der Waals surface area contributed by atoms with Gasteiger partial charge in [0.2, 0.25) is 0 Å². The molecule has 1 atom stereocenters. The summed E-state index contributed by atoms with van der Waals surface area (Å²) >= 11 is 13.9. The lowest BCUT2D eigenvalue weighted by Gasteiger charge is -2.20. The molecule has 5 heteroatoms. The van der Waals surface area contributed by atoms with Crippen LogP contribution in [-0.2, 0) is 13.0 Å². The Morgan fingerprint density at radius 2 is 2.00 bits per heavy atom. The number of thiophene rings is 1. The maximum Gasteiger partial charge on any atom is 0.0931 e. The average molecular weight is 329 g/mol. The Bertz CT molecular complexity index is 581. The number of benzene rings is 1. The second-order valence-corrected chi connectivity index (χ2v) is 7.23. The van der Waals surface area contributed by atoms with Gasteiger partial charge in [-0.1, -0.05) is 29.3 Å². The van der Waals surface area contributed by atoms with Crippen molar-refractivity contribution >= 4 is 40.2 Å². The normalized spacial score (nSPS) is 12.4. The van der Waals surface area contributed by atoms with Crippen molar-refractivity contribution in [2.75, 3.05) is 11.9 Å². The molecule has 1 unspecified atom stereocenters. The van der Waals surface area contributed by atoms with Crippen LogP contribution in [0.4, 0.5) is 5.69 Å². The number of halogens is 2. The molecule has 2 rings (SSSR count). The van der Waals surface area contributed by atoms with E-state index in [1.54, 1.807) is 11.3 Å². The summed E-state index contributed by atoms with van der Waals surface area (Å²) in [6.45, 7) is 2.80. The van der Waals surface area contributed by atoms with E-state index < -0.39 is 0 Å². The topological polar surface area (TPSA) is 29.3 Å². The third-order valence-electron chi connectivity index (χ3n) is 3.04. The summed E-state index contributed by atoms with van der Waals surface area (Å²) in [5.41, 5.74) is 8.00. The van der Waals surface area contributed by atoms with Crippen molar-refractivity contribution in [1.82, 2.24) is 0 Å². The Morgan fingerprint density at radius 3 is 2.55 bits per heavy atom. The van der Waals surface area contributed by atoms with Gasteiger partial charge in [0.25, 0.3) is 0 Å². The molecule has 0 spiro atoms. The fourth-order valence-electron chi connectivity index (χ4n) is 2.05. The third kappa shape index (κ3) is 4.13. The third-order valence-corrected chi connectivity index (χ3v) is 4.61. The van der Waals surface area contributed by atoms with Crippen LogP contribution < -0.4 is 10.6 Å². The number of nitrogens with zero attached hydrogens (tertiary/aromatic N) is 1. The van der Waals surface area contributed by atoms with E-state index in [-0.39, 0.29) is 6.04 Å². The highest BCUT2D eigenvalue weighted by Crippen LogP contribution is 2.27. The summed E-state index contributed by atoms with van der Waals surface area (Å²) in [6.07, 6.45) is 0.795. The van der Waals surface area contributed by atoms with Gasteiger partial charge >= 0.3 is 0 Å². The molecule has 1 aromatic carbocycles. The molecule has 2 aromatic rings. The SMILES string of the molecule is CC(N)Cc1ccc(N(C)Cc2ccc(Cl)s2)cc1Cl. The molecule has 108 valence electrons. The second-order valence-electron chi connectivity index (χ2n) is 5.02. The van der Waals surface area contributed by atoms with E-state index in [1.807, 2.05) is 26.1 Å². The Morgan fingerprint density at radius 1 is 1.25 bits per heavy atom. The highest BCUT2D eigenvalue weighted by molar-refractivity contribution is 7.16. The van der Waals surface area contributed by atoms with Gasteiger partial charge in [-0.05, 0) is 43.2 Å². The van der Waals surface area contributed by atoms with Crippen LogP contribution in [0.2, 0.25) is 9.36 Å². The predicted octanol–water partition coefficient (Wildman–Crippen LogP) is 4.58. The maximum atomic E-state index is 6.32. The summed E-state index contributed by atoms with van der Waals surface area (Å²) in [6, 6.07) is 10.2. The molecule has 0 aliphatic carbocycles. The Balaban J connectivity index is 2.10. The molecule has 0 saturated carbocycles. The first kappa shape index (κ1) is 15.6. The summed E-state index contributed by atoms with van der Waals surface area (Å²) in [5.74, 6) is 0. The van der Waals surface area contributed by atoms with Gasteiger partial charge < -0.3 is 10.6 Å². The fraction of sp³-hybridized carbons (Fsp3) is 0.333. The van der Waals surface area contributed by atoms with Crippen molar-refractivity contribution in [2.45, 2.75) is 25.9 Å². The van der Waals surface area contributed by atoms with Crippen LogP contribution in [0, 0.1) is 0 Å². The molecular formula is C15H18Cl2N2S. The molecule has 0 saturated heterocycles. The lowest BCUT2D eigenvalue weighted by Crippen LogP contribution is -2.18. The smallest absolute Gasteiger partial charge is 0.0931 e. The minimum atomic E-state index is 0.115. The minimum absolute atomic E-state index is 0.115. The molecule has 1 heterocycles. The van der Waals surface area contributed by atoms with E-state index in [0.29, 0.717) is 0 Å². The van der Waals surface area contributed by atoms with Crippen LogP contribution >= 0.6 is 34.5 Å². The first-order valence-electron chi connectivity index (χ1n) is 6.45. The summed E-state index contributed by atoms with van der Waals surface area (Å²) < 4.78 is 0.818. The molecule has 0 fully saturated rings. The molecule has 20 heavy (non-hydrogen) atoms. The van der Waals surface area contributed by atoms with Crippen LogP contribution in [0.3, 0.4) is 0 Å². The number of rotatable bonds is 5. The number of anilines is 1. The van der Waals surface area contributed by atoms with E-state index in [2.05, 4.69) is 23.1 Å². The molecule has 0 amide bonds. The molecule has 0 radical (unpaired) electrons. The first-order chi connectivity index (χ1) is 9.45. The maximum absolute atomic E-state index is 6.32. The van der Waals surface area contributed by atoms with E-state index in [0.717, 1.165) is 33.6 Å². The van der Waals surface area contributed by atoms with Gasteiger partial charge in [0.05, 0.1) is 10.9 Å². The van der Waals surface area contributed by atoms with Gasteiger partial charge in [0.15, 0.2) is 0 Å². The van der Waals surface area contributed by atoms with Crippen molar-refractivity contribution in [3.05, 3.63) is 50.1 Å². The van der Waals surface area contributed by atoms with Crippen molar-refractivity contribution < 1.29 is 0 Å². The predicted molar refractivity (Wildman–Crippen MR) is 90.2 cm³/mol. The standard InChI is InChI=1S/C15H18Cl2N2S/c1-10(18)7-11-3-4-12(8-14(11)16)19(2)9-13-5-6-15(17)20-13/h3-6,8,10H,7,9,18H2,1-2H3. The monoisotopic (exact) mass is 328 g/mol. The highest BCUT2D eigenvalue weighted by atomic mass is 35.5. The van der Waals surface area contributed by atoms with E-state index in [1.165, 1.54) is 4.88 Å². The number of nitrogens with two attached hydrogens (primary N) is 1. The van der Waals surface area contributed by atoms with Gasteiger partial charge in [-0.3, -0.25) is 0 Å². The van der Waals surface area contributed by atoms with E-state index >= 15 is 0 Å². The average Bonchev–Trinajstić information content (AvgIpc) is 2.76. The number of hydrogen-bond acceptors (Lipinski definition) is 3. The second kappa shape index (κ2) is 6.81. The van der Waals surface area contributed by atoms with Crippen molar-refractivity contribution in [2.24, 2.45) is 5.73 Å². The molecule has 1 aromatic heterocycles. The zero-order valence-electron chi connectivity index (χ0n) is 11.6. The van der Waals surface area contributed by atoms with Crippen LogP contribution in [0.25, 0.3) is 0 Å². The minimum Gasteiger partial charge on any atom is -0.369 e. The van der Waals surface area contributed by atoms with Crippen molar-refractivity contribution in [3.63, 3.8) is 0 Å². The molecule has 0 aliphatic heterocycles. The van der Waals surface area contributed by atoms with Crippen LogP contribution in [0.15, 0.2) is 30.3 Å².